The Morgan fingerprint density at radius 2 is 2.04 bits per heavy atom. The van der Waals surface area contributed by atoms with Crippen LogP contribution in [0, 0.1) is 6.92 Å². The number of imidazole rings is 1. The second-order valence-electron chi connectivity index (χ2n) is 6.21. The Labute approximate surface area is 156 Å². The lowest BCUT2D eigenvalue weighted by Gasteiger charge is -2.07. The molecule has 1 amide bonds. The Balaban J connectivity index is 1.51. The first-order valence-corrected chi connectivity index (χ1v) is 8.58. The molecule has 136 valence electrons. The molecule has 2 aromatic heterocycles. The Hall–Kier alpha value is -3.54. The maximum atomic E-state index is 12.7. The minimum Gasteiger partial charge on any atom is -0.497 e. The van der Waals surface area contributed by atoms with E-state index in [0.717, 1.165) is 16.6 Å². The first-order chi connectivity index (χ1) is 13.2. The zero-order valence-electron chi connectivity index (χ0n) is 15.1. The molecule has 0 aliphatic carbocycles. The highest BCUT2D eigenvalue weighted by Gasteiger charge is 2.18. The fourth-order valence-electron chi connectivity index (χ4n) is 3.08. The molecule has 4 rings (SSSR count). The molecule has 4 aromatic rings. The number of furan rings is 1. The number of ether oxygens (including phenoxy) is 1. The first-order valence-electron chi connectivity index (χ1n) is 8.58. The summed E-state index contributed by atoms with van der Waals surface area (Å²) in [5.41, 5.74) is 3.24. The highest BCUT2D eigenvalue weighted by molar-refractivity contribution is 6.07. The van der Waals surface area contributed by atoms with Gasteiger partial charge in [0.1, 0.15) is 17.1 Å². The molecule has 0 atom stereocenters. The van der Waals surface area contributed by atoms with Crippen molar-refractivity contribution in [3.63, 3.8) is 0 Å². The van der Waals surface area contributed by atoms with Gasteiger partial charge in [-0.2, -0.15) is 0 Å². The number of fused-ring (bicyclic) bond motifs is 1. The van der Waals surface area contributed by atoms with Crippen molar-refractivity contribution in [1.29, 1.82) is 0 Å². The topological polar surface area (TPSA) is 69.3 Å². The van der Waals surface area contributed by atoms with Gasteiger partial charge >= 0.3 is 0 Å². The molecule has 0 bridgehead atoms. The van der Waals surface area contributed by atoms with Crippen molar-refractivity contribution >= 4 is 16.9 Å². The van der Waals surface area contributed by atoms with Gasteiger partial charge in [-0.25, -0.2) is 4.98 Å². The van der Waals surface area contributed by atoms with Gasteiger partial charge in [0, 0.05) is 30.0 Å². The number of hydrogen-bond donors (Lipinski definition) is 1. The molecule has 0 saturated heterocycles. The molecule has 0 aliphatic heterocycles. The SMILES string of the molecule is COc1ccc2oc(C)c(C(=O)NCc3ccc(-n4ccnc4)cc3)c2c1. The average Bonchev–Trinajstić information content (AvgIpc) is 3.33. The summed E-state index contributed by atoms with van der Waals surface area (Å²) in [6.07, 6.45) is 5.37. The minimum absolute atomic E-state index is 0.168. The molecule has 6 nitrogen and oxygen atoms in total. The molecule has 2 aromatic carbocycles. The minimum atomic E-state index is -0.168. The highest BCUT2D eigenvalue weighted by Crippen LogP contribution is 2.29. The van der Waals surface area contributed by atoms with E-state index in [1.165, 1.54) is 0 Å². The predicted molar refractivity (Wildman–Crippen MR) is 102 cm³/mol. The van der Waals surface area contributed by atoms with E-state index in [4.69, 9.17) is 9.15 Å². The molecule has 6 heteroatoms. The number of aromatic nitrogens is 2. The third kappa shape index (κ3) is 3.29. The Morgan fingerprint density at radius 3 is 2.74 bits per heavy atom. The monoisotopic (exact) mass is 361 g/mol. The van der Waals surface area contributed by atoms with Crippen LogP contribution in [0.5, 0.6) is 5.75 Å². The number of nitrogens with zero attached hydrogens (tertiary/aromatic N) is 2. The van der Waals surface area contributed by atoms with Crippen LogP contribution < -0.4 is 10.1 Å². The Bertz CT molecular complexity index is 1080. The predicted octanol–water partition coefficient (Wildman–Crippen LogP) is 3.87. The molecule has 27 heavy (non-hydrogen) atoms. The fourth-order valence-corrected chi connectivity index (χ4v) is 3.08. The zero-order valence-corrected chi connectivity index (χ0v) is 15.1. The number of nitrogens with one attached hydrogen (secondary N) is 1. The molecule has 1 N–H and O–H groups in total. The fraction of sp³-hybridized carbons (Fsp3) is 0.143. The van der Waals surface area contributed by atoms with Gasteiger partial charge in [-0.15, -0.1) is 0 Å². The van der Waals surface area contributed by atoms with E-state index in [0.29, 0.717) is 29.2 Å². The van der Waals surface area contributed by atoms with Crippen LogP contribution in [-0.2, 0) is 6.54 Å². The lowest BCUT2D eigenvalue weighted by Crippen LogP contribution is -2.23. The average molecular weight is 361 g/mol. The summed E-state index contributed by atoms with van der Waals surface area (Å²) >= 11 is 0. The van der Waals surface area contributed by atoms with Crippen molar-refractivity contribution in [2.75, 3.05) is 7.11 Å². The molecule has 0 fully saturated rings. The van der Waals surface area contributed by atoms with Crippen LogP contribution in [0.4, 0.5) is 0 Å². The third-order valence-electron chi connectivity index (χ3n) is 4.49. The third-order valence-corrected chi connectivity index (χ3v) is 4.49. The maximum Gasteiger partial charge on any atom is 0.255 e. The lowest BCUT2D eigenvalue weighted by molar-refractivity contribution is 0.0951. The van der Waals surface area contributed by atoms with Crippen molar-refractivity contribution < 1.29 is 13.9 Å². The van der Waals surface area contributed by atoms with Crippen LogP contribution in [0.2, 0.25) is 0 Å². The summed E-state index contributed by atoms with van der Waals surface area (Å²) in [4.78, 5) is 16.8. The van der Waals surface area contributed by atoms with Gasteiger partial charge in [0.2, 0.25) is 0 Å². The van der Waals surface area contributed by atoms with Crippen molar-refractivity contribution in [2.45, 2.75) is 13.5 Å². The van der Waals surface area contributed by atoms with Gasteiger partial charge in [-0.3, -0.25) is 4.79 Å². The van der Waals surface area contributed by atoms with Crippen molar-refractivity contribution in [1.82, 2.24) is 14.9 Å². The van der Waals surface area contributed by atoms with Gasteiger partial charge in [-0.1, -0.05) is 12.1 Å². The van der Waals surface area contributed by atoms with Crippen LogP contribution in [0.1, 0.15) is 21.7 Å². The number of amides is 1. The van der Waals surface area contributed by atoms with Gasteiger partial charge in [0.15, 0.2) is 0 Å². The summed E-state index contributed by atoms with van der Waals surface area (Å²) in [5.74, 6) is 1.11. The van der Waals surface area contributed by atoms with Gasteiger partial charge in [0.25, 0.3) is 5.91 Å². The summed E-state index contributed by atoms with van der Waals surface area (Å²) in [6, 6.07) is 13.4. The van der Waals surface area contributed by atoms with E-state index in [-0.39, 0.29) is 5.91 Å². The van der Waals surface area contributed by atoms with Crippen LogP contribution in [0.3, 0.4) is 0 Å². The molecule has 0 aliphatic rings. The standard InChI is InChI=1S/C21H19N3O3/c1-14-20(18-11-17(26-2)7-8-19(18)27-14)21(25)23-12-15-3-5-16(6-4-15)24-10-9-22-13-24/h3-11,13H,12H2,1-2H3,(H,23,25). The van der Waals surface area contributed by atoms with E-state index in [1.54, 1.807) is 26.6 Å². The second-order valence-corrected chi connectivity index (χ2v) is 6.21. The van der Waals surface area contributed by atoms with Crippen LogP contribution >= 0.6 is 0 Å². The summed E-state index contributed by atoms with van der Waals surface area (Å²) in [7, 11) is 1.60. The largest absolute Gasteiger partial charge is 0.497 e. The molecule has 2 heterocycles. The van der Waals surface area contributed by atoms with Gasteiger partial charge in [-0.05, 0) is 42.8 Å². The molecule has 0 radical (unpaired) electrons. The summed E-state index contributed by atoms with van der Waals surface area (Å²) in [5, 5.41) is 3.72. The number of carbonyl (C=O) groups is 1. The molecule has 0 spiro atoms. The van der Waals surface area contributed by atoms with Crippen LogP contribution in [-0.4, -0.2) is 22.6 Å². The molecular weight excluding hydrogens is 342 g/mol. The number of carbonyl (C=O) groups excluding carboxylic acids is 1. The Morgan fingerprint density at radius 1 is 1.22 bits per heavy atom. The molecule has 0 saturated carbocycles. The number of hydrogen-bond acceptors (Lipinski definition) is 4. The summed E-state index contributed by atoms with van der Waals surface area (Å²) in [6.45, 7) is 2.22. The number of rotatable bonds is 5. The van der Waals surface area contributed by atoms with Crippen molar-refractivity contribution in [3.8, 4) is 11.4 Å². The number of aryl methyl sites for hydroxylation is 1. The van der Waals surface area contributed by atoms with Crippen molar-refractivity contribution in [3.05, 3.63) is 78.1 Å². The van der Waals surface area contributed by atoms with E-state index < -0.39 is 0 Å². The van der Waals surface area contributed by atoms with Gasteiger partial charge < -0.3 is 19.0 Å². The van der Waals surface area contributed by atoms with E-state index in [2.05, 4.69) is 10.3 Å². The maximum absolute atomic E-state index is 12.7. The lowest BCUT2D eigenvalue weighted by atomic mass is 10.1. The quantitative estimate of drug-likeness (QED) is 0.586. The van der Waals surface area contributed by atoms with E-state index in [9.17, 15) is 4.79 Å². The molecular formula is C21H19N3O3. The summed E-state index contributed by atoms with van der Waals surface area (Å²) < 4.78 is 12.9. The number of benzene rings is 2. The Kier molecular flexibility index (Phi) is 4.38. The van der Waals surface area contributed by atoms with Crippen LogP contribution in [0.15, 0.2) is 65.6 Å². The smallest absolute Gasteiger partial charge is 0.255 e. The normalized spacial score (nSPS) is 10.9. The first kappa shape index (κ1) is 16.9. The van der Waals surface area contributed by atoms with Crippen molar-refractivity contribution in [2.24, 2.45) is 0 Å². The van der Waals surface area contributed by atoms with E-state index in [1.807, 2.05) is 53.2 Å². The zero-order chi connectivity index (χ0) is 18.8. The van der Waals surface area contributed by atoms with Crippen LogP contribution in [0.25, 0.3) is 16.7 Å². The second kappa shape index (κ2) is 6.99. The van der Waals surface area contributed by atoms with E-state index >= 15 is 0 Å². The highest BCUT2D eigenvalue weighted by atomic mass is 16.5. The number of methoxy groups -OCH3 is 1. The van der Waals surface area contributed by atoms with Gasteiger partial charge in [0.05, 0.1) is 19.0 Å². The molecule has 0 unspecified atom stereocenters.